The highest BCUT2D eigenvalue weighted by Crippen LogP contribution is 2.51. The molecule has 0 radical (unpaired) electrons. The number of amides is 1. The van der Waals surface area contributed by atoms with Gasteiger partial charge < -0.3 is 9.64 Å². The molecule has 2 saturated carbocycles. The number of carbonyl (C=O) groups is 1. The molecule has 220 valence electrons. The van der Waals surface area contributed by atoms with E-state index in [2.05, 4.69) is 0 Å². The number of hydrogen-bond acceptors (Lipinski definition) is 5. The minimum absolute atomic E-state index is 0.0271. The van der Waals surface area contributed by atoms with E-state index in [0.717, 1.165) is 12.1 Å². The first-order valence-corrected chi connectivity index (χ1v) is 14.7. The number of benzene rings is 1. The smallest absolute Gasteiger partial charge is 0.472 e. The van der Waals surface area contributed by atoms with Gasteiger partial charge in [-0.05, 0) is 75.1 Å². The molecule has 6 nitrogen and oxygen atoms in total. The van der Waals surface area contributed by atoms with Crippen LogP contribution in [0.5, 0.6) is 5.75 Å². The molecule has 0 bridgehead atoms. The van der Waals surface area contributed by atoms with Crippen molar-refractivity contribution in [1.29, 1.82) is 0 Å². The van der Waals surface area contributed by atoms with E-state index >= 15 is 0 Å². The van der Waals surface area contributed by atoms with Crippen LogP contribution in [0.15, 0.2) is 12.1 Å². The minimum Gasteiger partial charge on any atom is -0.493 e. The molecule has 14 heteroatoms. The lowest BCUT2D eigenvalue weighted by Crippen LogP contribution is -2.48. The van der Waals surface area contributed by atoms with E-state index in [4.69, 9.17) is 4.74 Å². The zero-order chi connectivity index (χ0) is 28.8. The fourth-order valence-electron chi connectivity index (χ4n) is 5.64. The van der Waals surface area contributed by atoms with Crippen molar-refractivity contribution in [1.82, 2.24) is 4.90 Å². The number of hydrogen-bond donors (Lipinski definition) is 0. The standard InChI is InChI=1S/C25H31F7N2O4S/c1-39(36,37)34(22(35)24(27,28)29)20-12-18(17-4-5-17)21(13-19(20)26)38-14-16-6-10-33(11-7-16)15-23(25(30,31)32)8-2-3-9-23/h12-13,16-17H,2-11,14-15H2,1H3. The number of rotatable bonds is 8. The molecule has 39 heavy (non-hydrogen) atoms. The molecule has 1 saturated heterocycles. The average Bonchev–Trinajstić information content (AvgIpc) is 3.55. The molecular weight excluding hydrogens is 557 g/mol. The summed E-state index contributed by atoms with van der Waals surface area (Å²) in [4.78, 5) is 13.7. The van der Waals surface area contributed by atoms with Crippen molar-refractivity contribution in [2.24, 2.45) is 11.3 Å². The number of piperidine rings is 1. The SMILES string of the molecule is CS(=O)(=O)N(C(=O)C(F)(F)F)c1cc(C2CC2)c(OCC2CCN(CC3(C(F)(F)F)CCCC3)CC2)cc1F. The van der Waals surface area contributed by atoms with Gasteiger partial charge in [0.25, 0.3) is 0 Å². The second-order valence-corrected chi connectivity index (χ2v) is 12.8. The fourth-order valence-corrected chi connectivity index (χ4v) is 6.54. The van der Waals surface area contributed by atoms with E-state index in [1.54, 1.807) is 0 Å². The van der Waals surface area contributed by atoms with Crippen molar-refractivity contribution in [3.8, 4) is 5.75 Å². The van der Waals surface area contributed by atoms with Gasteiger partial charge in [0, 0.05) is 12.6 Å². The zero-order valence-corrected chi connectivity index (χ0v) is 22.2. The Morgan fingerprint density at radius 3 is 2.13 bits per heavy atom. The Morgan fingerprint density at radius 2 is 1.64 bits per heavy atom. The van der Waals surface area contributed by atoms with E-state index in [1.807, 2.05) is 4.90 Å². The highest BCUT2D eigenvalue weighted by Gasteiger charge is 2.56. The van der Waals surface area contributed by atoms with Gasteiger partial charge >= 0.3 is 18.3 Å². The van der Waals surface area contributed by atoms with Crippen LogP contribution >= 0.6 is 0 Å². The molecule has 1 amide bonds. The van der Waals surface area contributed by atoms with E-state index in [9.17, 15) is 43.9 Å². The molecular formula is C25H31F7N2O4S. The number of carbonyl (C=O) groups excluding carboxylic acids is 1. The van der Waals surface area contributed by atoms with Crippen LogP contribution in [0.1, 0.15) is 62.8 Å². The van der Waals surface area contributed by atoms with Crippen molar-refractivity contribution in [2.75, 3.05) is 36.8 Å². The second-order valence-electron chi connectivity index (χ2n) is 11.0. The summed E-state index contributed by atoms with van der Waals surface area (Å²) in [6.45, 7) is 0.999. The molecule has 1 heterocycles. The predicted octanol–water partition coefficient (Wildman–Crippen LogP) is 5.77. The fraction of sp³-hybridized carbons (Fsp3) is 0.720. The van der Waals surface area contributed by atoms with Gasteiger partial charge in [-0.2, -0.15) is 30.6 Å². The van der Waals surface area contributed by atoms with Gasteiger partial charge in [-0.15, -0.1) is 0 Å². The summed E-state index contributed by atoms with van der Waals surface area (Å²) in [6, 6.07) is 1.72. The first-order valence-electron chi connectivity index (χ1n) is 12.9. The third kappa shape index (κ3) is 6.63. The number of ether oxygens (including phenoxy) is 1. The lowest BCUT2D eigenvalue weighted by molar-refractivity contribution is -0.228. The summed E-state index contributed by atoms with van der Waals surface area (Å²) in [5.74, 6) is -4.25. The first-order chi connectivity index (χ1) is 18.0. The number of anilines is 1. The third-order valence-corrected chi connectivity index (χ3v) is 8.97. The molecule has 1 aromatic carbocycles. The summed E-state index contributed by atoms with van der Waals surface area (Å²) >= 11 is 0. The Morgan fingerprint density at radius 1 is 1.05 bits per heavy atom. The van der Waals surface area contributed by atoms with Gasteiger partial charge in [0.1, 0.15) is 5.75 Å². The Kier molecular flexibility index (Phi) is 8.21. The van der Waals surface area contributed by atoms with Crippen LogP contribution in [-0.4, -0.2) is 64.1 Å². The topological polar surface area (TPSA) is 66.9 Å². The van der Waals surface area contributed by atoms with Crippen LogP contribution < -0.4 is 9.04 Å². The van der Waals surface area contributed by atoms with Gasteiger partial charge in [0.05, 0.1) is 24.0 Å². The monoisotopic (exact) mass is 588 g/mol. The molecule has 3 aliphatic rings. The van der Waals surface area contributed by atoms with Crippen LogP contribution in [0.25, 0.3) is 0 Å². The number of nitrogens with zero attached hydrogens (tertiary/aromatic N) is 2. The van der Waals surface area contributed by atoms with Crippen LogP contribution in [0.4, 0.5) is 36.4 Å². The molecule has 0 aromatic heterocycles. The van der Waals surface area contributed by atoms with Gasteiger partial charge in [-0.3, -0.25) is 4.79 Å². The number of halogens is 7. The maximum absolute atomic E-state index is 15.0. The summed E-state index contributed by atoms with van der Waals surface area (Å²) in [5.41, 5.74) is -2.38. The largest absolute Gasteiger partial charge is 0.493 e. The normalized spacial score (nSPS) is 21.2. The van der Waals surface area contributed by atoms with E-state index in [1.165, 1.54) is 0 Å². The summed E-state index contributed by atoms with van der Waals surface area (Å²) < 4.78 is 125. The van der Waals surface area contributed by atoms with Crippen molar-refractivity contribution >= 4 is 21.6 Å². The van der Waals surface area contributed by atoms with Crippen molar-refractivity contribution in [3.63, 3.8) is 0 Å². The van der Waals surface area contributed by atoms with E-state index in [-0.39, 0.29) is 43.6 Å². The Bertz CT molecular complexity index is 1170. The quantitative estimate of drug-likeness (QED) is 0.361. The van der Waals surface area contributed by atoms with Crippen molar-refractivity contribution in [2.45, 2.75) is 69.6 Å². The van der Waals surface area contributed by atoms with Gasteiger partial charge in [-0.25, -0.2) is 12.8 Å². The molecule has 2 aliphatic carbocycles. The molecule has 3 fully saturated rings. The third-order valence-electron chi connectivity index (χ3n) is 7.94. The van der Waals surface area contributed by atoms with Crippen LogP contribution in [0.3, 0.4) is 0 Å². The van der Waals surface area contributed by atoms with Gasteiger partial charge in [-0.1, -0.05) is 12.8 Å². The molecule has 0 N–H and O–H groups in total. The highest BCUT2D eigenvalue weighted by atomic mass is 32.2. The second kappa shape index (κ2) is 10.7. The molecule has 0 atom stereocenters. The lowest BCUT2D eigenvalue weighted by Gasteiger charge is -2.40. The number of sulfonamides is 1. The Hall–Kier alpha value is -2.09. The minimum atomic E-state index is -5.54. The Labute approximate surface area is 222 Å². The molecule has 1 aliphatic heterocycles. The highest BCUT2D eigenvalue weighted by molar-refractivity contribution is 7.92. The Balaban J connectivity index is 1.44. The van der Waals surface area contributed by atoms with Crippen LogP contribution in [0.2, 0.25) is 0 Å². The van der Waals surface area contributed by atoms with Crippen molar-refractivity contribution in [3.05, 3.63) is 23.5 Å². The predicted molar refractivity (Wildman–Crippen MR) is 128 cm³/mol. The molecule has 0 spiro atoms. The number of alkyl halides is 6. The van der Waals surface area contributed by atoms with Gasteiger partial charge in [0.2, 0.25) is 10.0 Å². The average molecular weight is 589 g/mol. The summed E-state index contributed by atoms with van der Waals surface area (Å²) in [7, 11) is -4.81. The van der Waals surface area contributed by atoms with Crippen LogP contribution in [0, 0.1) is 17.2 Å². The zero-order valence-electron chi connectivity index (χ0n) is 21.4. The maximum Gasteiger partial charge on any atom is 0.472 e. The molecule has 0 unspecified atom stereocenters. The lowest BCUT2D eigenvalue weighted by atomic mass is 9.83. The van der Waals surface area contributed by atoms with E-state index in [0.29, 0.717) is 63.4 Å². The van der Waals surface area contributed by atoms with E-state index < -0.39 is 49.5 Å². The first kappa shape index (κ1) is 29.9. The van der Waals surface area contributed by atoms with Crippen LogP contribution in [-0.2, 0) is 14.8 Å². The molecule has 4 rings (SSSR count). The van der Waals surface area contributed by atoms with Gasteiger partial charge in [0.15, 0.2) is 5.82 Å². The van der Waals surface area contributed by atoms with Crippen molar-refractivity contribution < 1.29 is 48.7 Å². The summed E-state index contributed by atoms with van der Waals surface area (Å²) in [5, 5.41) is 0. The molecule has 1 aromatic rings. The maximum atomic E-state index is 15.0. The number of likely N-dealkylation sites (tertiary alicyclic amines) is 1. The summed E-state index contributed by atoms with van der Waals surface area (Å²) in [6.07, 6.45) is -5.62.